The normalized spacial score (nSPS) is 18.2. The molecule has 0 spiro atoms. The lowest BCUT2D eigenvalue weighted by Crippen LogP contribution is -2.22. The lowest BCUT2D eigenvalue weighted by Gasteiger charge is -2.05. The summed E-state index contributed by atoms with van der Waals surface area (Å²) in [6, 6.07) is 6.65. The molecule has 0 aliphatic carbocycles. The van der Waals surface area contributed by atoms with Crippen LogP contribution in [0.1, 0.15) is 12.0 Å². The Morgan fingerprint density at radius 1 is 1.45 bits per heavy atom. The van der Waals surface area contributed by atoms with Gasteiger partial charge >= 0.3 is 0 Å². The molecule has 0 radical (unpaired) electrons. The van der Waals surface area contributed by atoms with E-state index in [4.69, 9.17) is 0 Å². The Bertz CT molecular complexity index is 707. The quantitative estimate of drug-likeness (QED) is 0.930. The number of hydrogen-bond acceptors (Lipinski definition) is 3. The molecule has 2 heterocycles. The number of benzene rings is 1. The van der Waals surface area contributed by atoms with Gasteiger partial charge in [0.15, 0.2) is 4.80 Å². The molecule has 0 bridgehead atoms. The Labute approximate surface area is 138 Å². The molecule has 1 aliphatic heterocycles. The third-order valence-corrected chi connectivity index (χ3v) is 4.37. The molecular weight excluding hydrogens is 325 g/mol. The maximum absolute atomic E-state index is 13.7. The van der Waals surface area contributed by atoms with E-state index in [2.05, 4.69) is 10.3 Å². The first kappa shape index (κ1) is 16.9. The highest BCUT2D eigenvalue weighted by molar-refractivity contribution is 7.07. The average molecular weight is 342 g/mol. The second kappa shape index (κ2) is 7.67. The van der Waals surface area contributed by atoms with Gasteiger partial charge in [-0.2, -0.15) is 4.99 Å². The van der Waals surface area contributed by atoms with Gasteiger partial charge in [-0.15, -0.1) is 23.7 Å². The van der Waals surface area contributed by atoms with Crippen molar-refractivity contribution < 1.29 is 9.18 Å². The van der Waals surface area contributed by atoms with Crippen molar-refractivity contribution in [2.24, 2.45) is 10.9 Å². The minimum Gasteiger partial charge on any atom is -0.319 e. The van der Waals surface area contributed by atoms with E-state index in [9.17, 15) is 9.18 Å². The Kier molecular flexibility index (Phi) is 5.88. The van der Waals surface area contributed by atoms with Gasteiger partial charge in [0.1, 0.15) is 5.82 Å². The van der Waals surface area contributed by atoms with Crippen LogP contribution in [-0.2, 0) is 11.3 Å². The summed E-state index contributed by atoms with van der Waals surface area (Å²) in [5.41, 5.74) is 0.590. The molecule has 0 saturated carbocycles. The zero-order valence-corrected chi connectivity index (χ0v) is 13.5. The van der Waals surface area contributed by atoms with Crippen molar-refractivity contribution >= 4 is 29.7 Å². The third kappa shape index (κ3) is 3.82. The summed E-state index contributed by atoms with van der Waals surface area (Å²) in [6.07, 6.45) is 2.66. The molecule has 1 amide bonds. The van der Waals surface area contributed by atoms with Crippen molar-refractivity contribution in [3.8, 4) is 0 Å². The average Bonchev–Trinajstić information content (AvgIpc) is 3.13. The fourth-order valence-electron chi connectivity index (χ4n) is 2.37. The molecule has 1 fully saturated rings. The van der Waals surface area contributed by atoms with Gasteiger partial charge in [-0.1, -0.05) is 18.2 Å². The SMILES string of the molecule is Cl.O=C(N=c1sccn1Cc1ccccc1F)C1CCNC1. The molecule has 1 atom stereocenters. The number of nitrogens with zero attached hydrogens (tertiary/aromatic N) is 2. The van der Waals surface area contributed by atoms with Crippen molar-refractivity contribution in [3.63, 3.8) is 0 Å². The summed E-state index contributed by atoms with van der Waals surface area (Å²) in [5, 5.41) is 5.02. The Hall–Kier alpha value is -1.50. The van der Waals surface area contributed by atoms with E-state index in [0.717, 1.165) is 13.0 Å². The Balaban J connectivity index is 0.00000176. The van der Waals surface area contributed by atoms with E-state index in [1.54, 1.807) is 18.2 Å². The maximum atomic E-state index is 13.7. The minimum atomic E-state index is -0.242. The fraction of sp³-hybridized carbons (Fsp3) is 0.333. The summed E-state index contributed by atoms with van der Waals surface area (Å²) < 4.78 is 15.5. The largest absolute Gasteiger partial charge is 0.319 e. The minimum absolute atomic E-state index is 0. The van der Waals surface area contributed by atoms with Crippen molar-refractivity contribution in [2.75, 3.05) is 13.1 Å². The molecule has 7 heteroatoms. The summed E-state index contributed by atoms with van der Waals surface area (Å²) in [6.45, 7) is 1.94. The van der Waals surface area contributed by atoms with Gasteiger partial charge in [-0.25, -0.2) is 4.39 Å². The predicted octanol–water partition coefficient (Wildman–Crippen LogP) is 2.20. The third-order valence-electron chi connectivity index (χ3n) is 3.57. The number of rotatable bonds is 3. The Morgan fingerprint density at radius 3 is 3.00 bits per heavy atom. The predicted molar refractivity (Wildman–Crippen MR) is 86.6 cm³/mol. The van der Waals surface area contributed by atoms with Crippen LogP contribution in [0, 0.1) is 11.7 Å². The molecule has 1 unspecified atom stereocenters. The molecule has 2 aromatic rings. The number of thiazole rings is 1. The molecule has 22 heavy (non-hydrogen) atoms. The first-order valence-corrected chi connectivity index (χ1v) is 7.78. The Morgan fingerprint density at radius 2 is 2.27 bits per heavy atom. The number of nitrogens with one attached hydrogen (secondary N) is 1. The van der Waals surface area contributed by atoms with Crippen molar-refractivity contribution in [1.29, 1.82) is 0 Å². The molecule has 1 aromatic carbocycles. The number of aromatic nitrogens is 1. The van der Waals surface area contributed by atoms with Gasteiger partial charge in [0.25, 0.3) is 5.91 Å². The van der Waals surface area contributed by atoms with Gasteiger partial charge in [0.05, 0.1) is 12.5 Å². The van der Waals surface area contributed by atoms with E-state index in [1.807, 2.05) is 16.1 Å². The molecule has 118 valence electrons. The van der Waals surface area contributed by atoms with Crippen LogP contribution in [0.15, 0.2) is 40.8 Å². The van der Waals surface area contributed by atoms with Crippen LogP contribution in [0.3, 0.4) is 0 Å². The van der Waals surface area contributed by atoms with Crippen LogP contribution in [0.5, 0.6) is 0 Å². The molecule has 1 N–H and O–H groups in total. The first-order valence-electron chi connectivity index (χ1n) is 6.90. The molecular formula is C15H17ClFN3OS. The highest BCUT2D eigenvalue weighted by Gasteiger charge is 2.21. The maximum Gasteiger partial charge on any atom is 0.252 e. The topological polar surface area (TPSA) is 46.4 Å². The van der Waals surface area contributed by atoms with Crippen molar-refractivity contribution in [2.45, 2.75) is 13.0 Å². The second-order valence-corrected chi connectivity index (χ2v) is 5.92. The first-order chi connectivity index (χ1) is 10.2. The zero-order chi connectivity index (χ0) is 14.7. The van der Waals surface area contributed by atoms with E-state index in [0.29, 0.717) is 23.5 Å². The summed E-state index contributed by atoms with van der Waals surface area (Å²) in [5.74, 6) is -0.368. The smallest absolute Gasteiger partial charge is 0.252 e. The highest BCUT2D eigenvalue weighted by Crippen LogP contribution is 2.10. The molecule has 1 aliphatic rings. The number of carbonyl (C=O) groups excluding carboxylic acids is 1. The van der Waals surface area contributed by atoms with Crippen LogP contribution in [0.25, 0.3) is 0 Å². The van der Waals surface area contributed by atoms with Crippen LogP contribution in [-0.4, -0.2) is 23.6 Å². The number of hydrogen-bond donors (Lipinski definition) is 1. The van der Waals surface area contributed by atoms with Crippen molar-refractivity contribution in [3.05, 3.63) is 52.0 Å². The van der Waals surface area contributed by atoms with E-state index >= 15 is 0 Å². The van der Waals surface area contributed by atoms with Crippen LogP contribution >= 0.6 is 23.7 Å². The van der Waals surface area contributed by atoms with Crippen LogP contribution in [0.4, 0.5) is 4.39 Å². The number of carbonyl (C=O) groups is 1. The molecule has 1 saturated heterocycles. The van der Waals surface area contributed by atoms with E-state index in [1.165, 1.54) is 17.4 Å². The lowest BCUT2D eigenvalue weighted by atomic mass is 10.1. The van der Waals surface area contributed by atoms with Gasteiger partial charge in [-0.3, -0.25) is 4.79 Å². The monoisotopic (exact) mass is 341 g/mol. The van der Waals surface area contributed by atoms with E-state index in [-0.39, 0.29) is 30.0 Å². The van der Waals surface area contributed by atoms with Gasteiger partial charge in [0, 0.05) is 23.7 Å². The fourth-order valence-corrected chi connectivity index (χ4v) is 3.10. The molecule has 4 nitrogen and oxygen atoms in total. The summed E-state index contributed by atoms with van der Waals surface area (Å²) >= 11 is 1.39. The standard InChI is InChI=1S/C15H16FN3OS.ClH/c16-13-4-2-1-3-12(13)10-19-7-8-21-15(19)18-14(20)11-5-6-17-9-11;/h1-4,7-8,11,17H,5-6,9-10H2;1H. The van der Waals surface area contributed by atoms with Crippen molar-refractivity contribution in [1.82, 2.24) is 9.88 Å². The van der Waals surface area contributed by atoms with Gasteiger partial charge in [-0.05, 0) is 19.0 Å². The summed E-state index contributed by atoms with van der Waals surface area (Å²) in [4.78, 5) is 16.9. The van der Waals surface area contributed by atoms with Crippen LogP contribution < -0.4 is 10.1 Å². The van der Waals surface area contributed by atoms with Gasteiger partial charge < -0.3 is 9.88 Å². The highest BCUT2D eigenvalue weighted by atomic mass is 35.5. The van der Waals surface area contributed by atoms with Gasteiger partial charge in [0.2, 0.25) is 0 Å². The second-order valence-electron chi connectivity index (χ2n) is 5.04. The molecule has 1 aromatic heterocycles. The summed E-state index contributed by atoms with van der Waals surface area (Å²) in [7, 11) is 0. The number of halogens is 2. The lowest BCUT2D eigenvalue weighted by molar-refractivity contribution is -0.121. The van der Waals surface area contributed by atoms with Crippen LogP contribution in [0.2, 0.25) is 0 Å². The van der Waals surface area contributed by atoms with E-state index < -0.39 is 0 Å². The zero-order valence-electron chi connectivity index (χ0n) is 11.9. The molecule has 3 rings (SSSR count). The number of amides is 1.